The van der Waals surface area contributed by atoms with Crippen molar-refractivity contribution < 1.29 is 9.47 Å². The van der Waals surface area contributed by atoms with Crippen LogP contribution in [0.15, 0.2) is 48.0 Å². The van der Waals surface area contributed by atoms with E-state index in [4.69, 9.17) is 15.2 Å². The van der Waals surface area contributed by atoms with Crippen LogP contribution in [0.1, 0.15) is 54.1 Å². The molecule has 0 heterocycles. The molecule has 1 atom stereocenters. The molecule has 0 amide bonds. The molecule has 2 aromatic carbocycles. The third kappa shape index (κ3) is 5.13. The smallest absolute Gasteiger partial charge is 0.221 e. The van der Waals surface area contributed by atoms with Crippen molar-refractivity contribution in [2.45, 2.75) is 38.8 Å². The lowest BCUT2D eigenvalue weighted by Crippen LogP contribution is -2.25. The van der Waals surface area contributed by atoms with Crippen LogP contribution in [-0.4, -0.2) is 32.2 Å². The van der Waals surface area contributed by atoms with Crippen LogP contribution in [0.25, 0.3) is 5.70 Å². The monoisotopic (exact) mass is 418 g/mol. The van der Waals surface area contributed by atoms with Gasteiger partial charge in [0.25, 0.3) is 0 Å². The molecule has 0 bridgehead atoms. The maximum Gasteiger partial charge on any atom is 0.221 e. The molecule has 0 aromatic heterocycles. The number of ether oxygens (including phenoxy) is 2. The van der Waals surface area contributed by atoms with Crippen LogP contribution in [0.5, 0.6) is 5.75 Å². The van der Waals surface area contributed by atoms with Gasteiger partial charge in [-0.25, -0.2) is 4.99 Å². The van der Waals surface area contributed by atoms with Gasteiger partial charge in [0.05, 0.1) is 24.5 Å². The lowest BCUT2D eigenvalue weighted by atomic mass is 10.0. The van der Waals surface area contributed by atoms with E-state index in [1.54, 1.807) is 19.2 Å². The molecular formula is C25H30N4O2. The number of nitriles is 1. The van der Waals surface area contributed by atoms with Crippen LogP contribution in [0, 0.1) is 11.3 Å². The maximum absolute atomic E-state index is 9.52. The van der Waals surface area contributed by atoms with Crippen molar-refractivity contribution in [3.8, 4) is 11.8 Å². The normalized spacial score (nSPS) is 15.5. The quantitative estimate of drug-likeness (QED) is 0.500. The summed E-state index contributed by atoms with van der Waals surface area (Å²) in [5.41, 5.74) is 11.0. The van der Waals surface area contributed by atoms with Crippen molar-refractivity contribution in [1.29, 1.82) is 5.26 Å². The average Bonchev–Trinajstić information content (AvgIpc) is 3.19. The summed E-state index contributed by atoms with van der Waals surface area (Å²) in [5.74, 6) is 0.957. The first-order valence-electron chi connectivity index (χ1n) is 10.6. The standard InChI is InChI=1S/C25H30N4O2/c1-16(2)31-24-11-8-18(14-19(24)15-27)25(30-4)29-17(3)20-6-5-7-22-21(20)9-10-23(22)28-13-12-26/h5-8,11,14,16,23,28H,3,9-10,12-13,26H2,1-2,4H3. The largest absolute Gasteiger partial charge is 0.490 e. The van der Waals surface area contributed by atoms with Crippen molar-refractivity contribution in [3.05, 3.63) is 70.8 Å². The average molecular weight is 419 g/mol. The minimum Gasteiger partial charge on any atom is -0.490 e. The van der Waals surface area contributed by atoms with E-state index in [1.807, 2.05) is 32.0 Å². The van der Waals surface area contributed by atoms with Gasteiger partial charge in [-0.1, -0.05) is 24.8 Å². The van der Waals surface area contributed by atoms with E-state index in [2.05, 4.69) is 29.0 Å². The minimum atomic E-state index is -0.0170. The second kappa shape index (κ2) is 10.3. The zero-order valence-electron chi connectivity index (χ0n) is 18.4. The number of rotatable bonds is 8. The van der Waals surface area contributed by atoms with Crippen LogP contribution in [-0.2, 0) is 11.2 Å². The SMILES string of the molecule is C=C(N=C(OC)c1ccc(OC(C)C)c(C#N)c1)c1cccc2c1CCC2NCCN. The third-order valence-corrected chi connectivity index (χ3v) is 5.26. The van der Waals surface area contributed by atoms with Crippen molar-refractivity contribution in [2.75, 3.05) is 20.2 Å². The van der Waals surface area contributed by atoms with Gasteiger partial charge in [-0.2, -0.15) is 5.26 Å². The van der Waals surface area contributed by atoms with E-state index in [0.717, 1.165) is 24.9 Å². The Labute approximate surface area is 184 Å². The summed E-state index contributed by atoms with van der Waals surface area (Å²) in [4.78, 5) is 4.68. The Bertz CT molecular complexity index is 1020. The molecule has 3 N–H and O–H groups in total. The highest BCUT2D eigenvalue weighted by Crippen LogP contribution is 2.36. The van der Waals surface area contributed by atoms with E-state index >= 15 is 0 Å². The minimum absolute atomic E-state index is 0.0170. The predicted octanol–water partition coefficient (Wildman–Crippen LogP) is 3.94. The summed E-state index contributed by atoms with van der Waals surface area (Å²) in [6, 6.07) is 14.1. The number of hydrogen-bond acceptors (Lipinski definition) is 6. The van der Waals surface area contributed by atoms with Crippen LogP contribution >= 0.6 is 0 Å². The van der Waals surface area contributed by atoms with E-state index in [9.17, 15) is 5.26 Å². The van der Waals surface area contributed by atoms with Gasteiger partial charge in [-0.05, 0) is 56.0 Å². The van der Waals surface area contributed by atoms with Gasteiger partial charge < -0.3 is 20.5 Å². The highest BCUT2D eigenvalue weighted by atomic mass is 16.5. The van der Waals surface area contributed by atoms with Crippen LogP contribution in [0.2, 0.25) is 0 Å². The molecule has 1 aliphatic rings. The summed E-state index contributed by atoms with van der Waals surface area (Å²) in [6.45, 7) is 9.46. The second-order valence-corrected chi connectivity index (χ2v) is 7.76. The Morgan fingerprint density at radius 2 is 2.16 bits per heavy atom. The van der Waals surface area contributed by atoms with Crippen molar-refractivity contribution in [1.82, 2.24) is 5.32 Å². The summed E-state index contributed by atoms with van der Waals surface area (Å²) in [6.07, 6.45) is 1.98. The van der Waals surface area contributed by atoms with Crippen LogP contribution in [0.4, 0.5) is 0 Å². The molecule has 1 aliphatic carbocycles. The molecule has 0 saturated heterocycles. The number of nitrogens with zero attached hydrogens (tertiary/aromatic N) is 2. The zero-order valence-corrected chi connectivity index (χ0v) is 18.4. The fourth-order valence-electron chi connectivity index (χ4n) is 3.91. The highest BCUT2D eigenvalue weighted by Gasteiger charge is 2.24. The maximum atomic E-state index is 9.52. The van der Waals surface area contributed by atoms with E-state index in [1.165, 1.54) is 11.1 Å². The lowest BCUT2D eigenvalue weighted by molar-refractivity contribution is 0.241. The van der Waals surface area contributed by atoms with Crippen LogP contribution < -0.4 is 15.8 Å². The van der Waals surface area contributed by atoms with Gasteiger partial charge in [0, 0.05) is 30.3 Å². The van der Waals surface area contributed by atoms with Crippen molar-refractivity contribution in [2.24, 2.45) is 10.7 Å². The summed E-state index contributed by atoms with van der Waals surface area (Å²) in [5, 5.41) is 13.0. The molecule has 0 spiro atoms. The summed E-state index contributed by atoms with van der Waals surface area (Å²) < 4.78 is 11.3. The molecule has 162 valence electrons. The van der Waals surface area contributed by atoms with Gasteiger partial charge >= 0.3 is 0 Å². The number of hydrogen-bond donors (Lipinski definition) is 2. The van der Waals surface area contributed by atoms with Gasteiger partial charge in [0.2, 0.25) is 5.90 Å². The fourth-order valence-corrected chi connectivity index (χ4v) is 3.91. The predicted molar refractivity (Wildman–Crippen MR) is 124 cm³/mol. The Morgan fingerprint density at radius 3 is 2.84 bits per heavy atom. The highest BCUT2D eigenvalue weighted by molar-refractivity contribution is 5.98. The van der Waals surface area contributed by atoms with E-state index in [-0.39, 0.29) is 6.10 Å². The number of methoxy groups -OCH3 is 1. The van der Waals surface area contributed by atoms with Crippen molar-refractivity contribution in [3.63, 3.8) is 0 Å². The molecule has 3 rings (SSSR count). The third-order valence-electron chi connectivity index (χ3n) is 5.26. The summed E-state index contributed by atoms with van der Waals surface area (Å²) in [7, 11) is 1.57. The molecule has 1 unspecified atom stereocenters. The van der Waals surface area contributed by atoms with E-state index in [0.29, 0.717) is 41.1 Å². The molecule has 6 heteroatoms. The number of aliphatic imine (C=N–C) groups is 1. The molecule has 6 nitrogen and oxygen atoms in total. The molecule has 2 aromatic rings. The zero-order chi connectivity index (χ0) is 22.4. The van der Waals surface area contributed by atoms with Gasteiger partial charge in [0.15, 0.2) is 0 Å². The Balaban J connectivity index is 1.90. The number of benzene rings is 2. The molecule has 0 saturated carbocycles. The Kier molecular flexibility index (Phi) is 7.45. The molecule has 31 heavy (non-hydrogen) atoms. The summed E-state index contributed by atoms with van der Waals surface area (Å²) >= 11 is 0. The Morgan fingerprint density at radius 1 is 1.35 bits per heavy atom. The molecular weight excluding hydrogens is 388 g/mol. The van der Waals surface area contributed by atoms with Gasteiger partial charge in [-0.3, -0.25) is 0 Å². The topological polar surface area (TPSA) is 92.7 Å². The first kappa shape index (κ1) is 22.5. The Hall–Kier alpha value is -3.14. The fraction of sp³-hybridized carbons (Fsp3) is 0.360. The number of fused-ring (bicyclic) bond motifs is 1. The molecule has 0 fully saturated rings. The van der Waals surface area contributed by atoms with E-state index < -0.39 is 0 Å². The van der Waals surface area contributed by atoms with Crippen molar-refractivity contribution >= 4 is 11.6 Å². The van der Waals surface area contributed by atoms with Gasteiger partial charge in [-0.15, -0.1) is 0 Å². The first-order valence-corrected chi connectivity index (χ1v) is 10.6. The second-order valence-electron chi connectivity index (χ2n) is 7.76. The molecule has 0 radical (unpaired) electrons. The van der Waals surface area contributed by atoms with Gasteiger partial charge in [0.1, 0.15) is 11.8 Å². The lowest BCUT2D eigenvalue weighted by Gasteiger charge is -2.15. The first-order chi connectivity index (χ1) is 15.0. The molecule has 0 aliphatic heterocycles. The number of nitrogens with one attached hydrogen (secondary N) is 1. The number of nitrogens with two attached hydrogens (primary N) is 1. The van der Waals surface area contributed by atoms with Crippen LogP contribution in [0.3, 0.4) is 0 Å².